The molecule has 2 rings (SSSR count). The highest BCUT2D eigenvalue weighted by Crippen LogP contribution is 2.26. The minimum Gasteiger partial charge on any atom is -0.439 e. The molecule has 0 radical (unpaired) electrons. The van der Waals surface area contributed by atoms with Crippen LogP contribution in [0.5, 0.6) is 11.6 Å². The van der Waals surface area contributed by atoms with E-state index >= 15 is 0 Å². The Kier molecular flexibility index (Phi) is 2.64. The van der Waals surface area contributed by atoms with Gasteiger partial charge in [-0.05, 0) is 38.1 Å². The van der Waals surface area contributed by atoms with Crippen LogP contribution in [0.25, 0.3) is 0 Å². The van der Waals surface area contributed by atoms with Crippen molar-refractivity contribution < 1.29 is 9.13 Å². The summed E-state index contributed by atoms with van der Waals surface area (Å²) in [6.45, 7) is 3.87. The Morgan fingerprint density at radius 3 is 2.31 bits per heavy atom. The summed E-state index contributed by atoms with van der Waals surface area (Å²) < 4.78 is 20.0. The highest BCUT2D eigenvalue weighted by molar-refractivity contribution is 5.34. The third kappa shape index (κ3) is 1.91. The quantitative estimate of drug-likeness (QED) is 0.778. The lowest BCUT2D eigenvalue weighted by Crippen LogP contribution is -1.95. The van der Waals surface area contributed by atoms with Crippen LogP contribution in [0.2, 0.25) is 0 Å². The Hall–Kier alpha value is -1.84. The molecule has 0 amide bonds. The maximum atomic E-state index is 12.7. The van der Waals surface area contributed by atoms with E-state index in [0.717, 1.165) is 11.3 Å². The van der Waals surface area contributed by atoms with E-state index in [1.54, 1.807) is 16.8 Å². The first-order chi connectivity index (χ1) is 7.58. The predicted molar refractivity (Wildman–Crippen MR) is 59.2 cm³/mol. The second kappa shape index (κ2) is 3.96. The van der Waals surface area contributed by atoms with Gasteiger partial charge in [0.1, 0.15) is 11.6 Å². The number of hydrogen-bond acceptors (Lipinski definition) is 2. The van der Waals surface area contributed by atoms with Gasteiger partial charge in [0.25, 0.3) is 0 Å². The van der Waals surface area contributed by atoms with Crippen LogP contribution in [0.3, 0.4) is 0 Å². The third-order valence-corrected chi connectivity index (χ3v) is 2.49. The molecule has 1 aromatic heterocycles. The third-order valence-electron chi connectivity index (χ3n) is 2.49. The van der Waals surface area contributed by atoms with Crippen LogP contribution in [0.1, 0.15) is 11.3 Å². The van der Waals surface area contributed by atoms with Gasteiger partial charge >= 0.3 is 0 Å². The highest BCUT2D eigenvalue weighted by atomic mass is 19.1. The van der Waals surface area contributed by atoms with E-state index in [2.05, 4.69) is 5.10 Å². The molecule has 0 fully saturated rings. The fraction of sp³-hybridized carbons (Fsp3) is 0.250. The number of ether oxygens (including phenoxy) is 1. The number of benzene rings is 1. The second-order valence-electron chi connectivity index (χ2n) is 3.70. The van der Waals surface area contributed by atoms with Crippen LogP contribution < -0.4 is 4.74 Å². The van der Waals surface area contributed by atoms with E-state index in [-0.39, 0.29) is 5.82 Å². The largest absolute Gasteiger partial charge is 0.439 e. The summed E-state index contributed by atoms with van der Waals surface area (Å²) in [5, 5.41) is 4.24. The fourth-order valence-electron chi connectivity index (χ4n) is 1.50. The molecule has 0 aliphatic heterocycles. The van der Waals surface area contributed by atoms with Crippen LogP contribution in [-0.2, 0) is 7.05 Å². The summed E-state index contributed by atoms with van der Waals surface area (Å²) in [5.41, 5.74) is 1.92. The average molecular weight is 220 g/mol. The Bertz CT molecular complexity index is 502. The summed E-state index contributed by atoms with van der Waals surface area (Å²) >= 11 is 0. The number of aryl methyl sites for hydroxylation is 2. The Morgan fingerprint density at radius 1 is 1.19 bits per heavy atom. The Morgan fingerprint density at radius 2 is 1.81 bits per heavy atom. The number of nitrogens with zero attached hydrogens (tertiary/aromatic N) is 2. The molecule has 1 heterocycles. The van der Waals surface area contributed by atoms with Crippen molar-refractivity contribution in [1.29, 1.82) is 0 Å². The van der Waals surface area contributed by atoms with Crippen LogP contribution in [-0.4, -0.2) is 9.78 Å². The summed E-state index contributed by atoms with van der Waals surface area (Å²) in [4.78, 5) is 0. The van der Waals surface area contributed by atoms with E-state index in [0.29, 0.717) is 11.6 Å². The molecule has 0 N–H and O–H groups in total. The Labute approximate surface area is 93.5 Å². The molecule has 0 saturated carbocycles. The number of hydrogen-bond donors (Lipinski definition) is 0. The zero-order chi connectivity index (χ0) is 11.7. The van der Waals surface area contributed by atoms with E-state index in [4.69, 9.17) is 4.74 Å². The van der Waals surface area contributed by atoms with Gasteiger partial charge in [0.2, 0.25) is 5.88 Å². The molecule has 2 aromatic rings. The van der Waals surface area contributed by atoms with Crippen molar-refractivity contribution >= 4 is 0 Å². The molecule has 0 spiro atoms. The minimum atomic E-state index is -0.273. The molecule has 16 heavy (non-hydrogen) atoms. The van der Waals surface area contributed by atoms with Crippen LogP contribution >= 0.6 is 0 Å². The lowest BCUT2D eigenvalue weighted by Gasteiger charge is -2.06. The van der Waals surface area contributed by atoms with Gasteiger partial charge in [0, 0.05) is 12.6 Å². The van der Waals surface area contributed by atoms with Gasteiger partial charge in [-0.15, -0.1) is 0 Å². The monoisotopic (exact) mass is 220 g/mol. The molecule has 0 saturated heterocycles. The van der Waals surface area contributed by atoms with E-state index in [1.165, 1.54) is 12.1 Å². The zero-order valence-corrected chi connectivity index (χ0v) is 9.49. The highest BCUT2D eigenvalue weighted by Gasteiger charge is 2.10. The van der Waals surface area contributed by atoms with Crippen molar-refractivity contribution in [3.05, 3.63) is 41.3 Å². The van der Waals surface area contributed by atoms with Crippen LogP contribution in [0.4, 0.5) is 4.39 Å². The summed E-state index contributed by atoms with van der Waals surface area (Å²) in [7, 11) is 1.82. The van der Waals surface area contributed by atoms with Gasteiger partial charge in [0.15, 0.2) is 0 Å². The topological polar surface area (TPSA) is 27.1 Å². The maximum Gasteiger partial charge on any atom is 0.220 e. The van der Waals surface area contributed by atoms with Gasteiger partial charge in [-0.3, -0.25) is 0 Å². The standard InChI is InChI=1S/C12H13FN2O/c1-8-9(2)14-15(3)12(8)16-11-6-4-10(13)5-7-11/h4-7H,1-3H3. The molecule has 1 aromatic carbocycles. The van der Waals surface area contributed by atoms with Gasteiger partial charge in [-0.25, -0.2) is 9.07 Å². The lowest BCUT2D eigenvalue weighted by molar-refractivity contribution is 0.426. The summed E-state index contributed by atoms with van der Waals surface area (Å²) in [6.07, 6.45) is 0. The number of aromatic nitrogens is 2. The summed E-state index contributed by atoms with van der Waals surface area (Å²) in [6, 6.07) is 5.93. The molecule has 3 nitrogen and oxygen atoms in total. The minimum absolute atomic E-state index is 0.273. The smallest absolute Gasteiger partial charge is 0.220 e. The maximum absolute atomic E-state index is 12.7. The normalized spacial score (nSPS) is 10.5. The van der Waals surface area contributed by atoms with Crippen molar-refractivity contribution in [2.75, 3.05) is 0 Å². The molecule has 0 atom stereocenters. The first-order valence-corrected chi connectivity index (χ1v) is 5.01. The summed E-state index contributed by atoms with van der Waals surface area (Å²) in [5.74, 6) is 1.02. The molecule has 0 unspecified atom stereocenters. The van der Waals surface area contributed by atoms with E-state index in [1.807, 2.05) is 20.9 Å². The van der Waals surface area contributed by atoms with Crippen LogP contribution in [0, 0.1) is 19.7 Å². The van der Waals surface area contributed by atoms with E-state index < -0.39 is 0 Å². The molecule has 0 aliphatic carbocycles. The SMILES string of the molecule is Cc1nn(C)c(Oc2ccc(F)cc2)c1C. The molecular formula is C12H13FN2O. The van der Waals surface area contributed by atoms with Crippen molar-refractivity contribution in [3.63, 3.8) is 0 Å². The van der Waals surface area contributed by atoms with Gasteiger partial charge < -0.3 is 4.74 Å². The molecule has 0 bridgehead atoms. The van der Waals surface area contributed by atoms with Crippen molar-refractivity contribution in [3.8, 4) is 11.6 Å². The number of rotatable bonds is 2. The van der Waals surface area contributed by atoms with E-state index in [9.17, 15) is 4.39 Å². The lowest BCUT2D eigenvalue weighted by atomic mass is 10.3. The first-order valence-electron chi connectivity index (χ1n) is 5.01. The molecule has 84 valence electrons. The molecule has 4 heteroatoms. The van der Waals surface area contributed by atoms with Crippen molar-refractivity contribution in [1.82, 2.24) is 9.78 Å². The molecule has 0 aliphatic rings. The predicted octanol–water partition coefficient (Wildman–Crippen LogP) is 2.97. The van der Waals surface area contributed by atoms with Gasteiger partial charge in [-0.1, -0.05) is 0 Å². The molecular weight excluding hydrogens is 207 g/mol. The van der Waals surface area contributed by atoms with Crippen molar-refractivity contribution in [2.45, 2.75) is 13.8 Å². The van der Waals surface area contributed by atoms with Gasteiger partial charge in [-0.2, -0.15) is 5.10 Å². The van der Waals surface area contributed by atoms with Gasteiger partial charge in [0.05, 0.1) is 5.69 Å². The number of halogens is 1. The first kappa shape index (κ1) is 10.7. The Balaban J connectivity index is 2.30. The second-order valence-corrected chi connectivity index (χ2v) is 3.70. The van der Waals surface area contributed by atoms with Crippen molar-refractivity contribution in [2.24, 2.45) is 7.05 Å². The average Bonchev–Trinajstić information content (AvgIpc) is 2.48. The zero-order valence-electron chi connectivity index (χ0n) is 9.49. The van der Waals surface area contributed by atoms with Crippen LogP contribution in [0.15, 0.2) is 24.3 Å². The fourth-order valence-corrected chi connectivity index (χ4v) is 1.50.